The number of imide groups is 1. The summed E-state index contributed by atoms with van der Waals surface area (Å²) in [5.41, 5.74) is -0.0952. The Hall–Kier alpha value is -3.21. The fraction of sp³-hybridized carbons (Fsp3) is 0.421. The molecular weight excluding hydrogens is 346 g/mol. The lowest BCUT2D eigenvalue weighted by Crippen LogP contribution is -2.40. The molecule has 3 rings (SSSR count). The summed E-state index contributed by atoms with van der Waals surface area (Å²) >= 11 is 0. The first-order chi connectivity index (χ1) is 12.9. The summed E-state index contributed by atoms with van der Waals surface area (Å²) in [7, 11) is 0. The Morgan fingerprint density at radius 1 is 1.30 bits per heavy atom. The number of hydrogen-bond acceptors (Lipinski definition) is 5. The minimum atomic E-state index is -1.12. The molecule has 1 saturated heterocycles. The van der Waals surface area contributed by atoms with Crippen LogP contribution in [-0.4, -0.2) is 23.5 Å². The lowest BCUT2D eigenvalue weighted by Gasteiger charge is -2.21. The Morgan fingerprint density at radius 3 is 2.70 bits per heavy atom. The van der Waals surface area contributed by atoms with Crippen LogP contribution in [0, 0.1) is 12.3 Å². The number of urea groups is 1. The lowest BCUT2D eigenvalue weighted by molar-refractivity contribution is -0.124. The fourth-order valence-corrected chi connectivity index (χ4v) is 3.01. The summed E-state index contributed by atoms with van der Waals surface area (Å²) in [6, 6.07) is 6.68. The van der Waals surface area contributed by atoms with Gasteiger partial charge in [0.25, 0.3) is 5.91 Å². The Morgan fingerprint density at radius 2 is 2.07 bits per heavy atom. The summed E-state index contributed by atoms with van der Waals surface area (Å²) in [6.07, 6.45) is 7.37. The monoisotopic (exact) mass is 367 g/mol. The Kier molecular flexibility index (Phi) is 4.95. The molecule has 2 aliphatic rings. The van der Waals surface area contributed by atoms with Crippen LogP contribution in [0.25, 0.3) is 0 Å². The predicted molar refractivity (Wildman–Crippen MR) is 97.2 cm³/mol. The minimum absolute atomic E-state index is 0.101. The molecule has 2 heterocycles. The first-order valence-corrected chi connectivity index (χ1v) is 8.74. The Balaban J connectivity index is 1.53. The van der Waals surface area contributed by atoms with E-state index in [0.717, 1.165) is 5.56 Å². The molecule has 0 bridgehead atoms. The molecule has 27 heavy (non-hydrogen) atoms. The molecular formula is C19H21N5O3. The SMILES string of the molecule is C#CCCC1(CCC(=O)NCc2cccc(C3(C)NC(=O)NC3=O)c2)N=N1. The van der Waals surface area contributed by atoms with Crippen LogP contribution in [0.1, 0.15) is 43.7 Å². The lowest BCUT2D eigenvalue weighted by atomic mass is 9.91. The summed E-state index contributed by atoms with van der Waals surface area (Å²) < 4.78 is 0. The van der Waals surface area contributed by atoms with Crippen LogP contribution >= 0.6 is 0 Å². The number of hydrogen-bond donors (Lipinski definition) is 3. The van der Waals surface area contributed by atoms with Gasteiger partial charge in [0.1, 0.15) is 5.54 Å². The van der Waals surface area contributed by atoms with Crippen molar-refractivity contribution in [1.82, 2.24) is 16.0 Å². The van der Waals surface area contributed by atoms with Crippen molar-refractivity contribution in [2.45, 2.75) is 50.4 Å². The molecule has 0 saturated carbocycles. The van der Waals surface area contributed by atoms with Crippen molar-refractivity contribution in [3.05, 3.63) is 35.4 Å². The van der Waals surface area contributed by atoms with Crippen molar-refractivity contribution in [3.8, 4) is 12.3 Å². The molecule has 0 aromatic heterocycles. The second kappa shape index (κ2) is 7.19. The highest BCUT2D eigenvalue weighted by Gasteiger charge is 2.43. The largest absolute Gasteiger partial charge is 0.352 e. The second-order valence-electron chi connectivity index (χ2n) is 6.90. The van der Waals surface area contributed by atoms with Gasteiger partial charge >= 0.3 is 6.03 Å². The van der Waals surface area contributed by atoms with Gasteiger partial charge in [-0.05, 0) is 18.1 Å². The van der Waals surface area contributed by atoms with E-state index in [-0.39, 0.29) is 5.91 Å². The van der Waals surface area contributed by atoms with Crippen LogP contribution < -0.4 is 16.0 Å². The van der Waals surface area contributed by atoms with Crippen LogP contribution in [-0.2, 0) is 21.7 Å². The van der Waals surface area contributed by atoms with E-state index < -0.39 is 23.1 Å². The average molecular weight is 367 g/mol. The second-order valence-corrected chi connectivity index (χ2v) is 6.90. The molecule has 140 valence electrons. The maximum atomic E-state index is 12.1. The van der Waals surface area contributed by atoms with Crippen LogP contribution in [0.4, 0.5) is 4.79 Å². The first kappa shape index (κ1) is 18.6. The zero-order chi connectivity index (χ0) is 19.5. The maximum Gasteiger partial charge on any atom is 0.322 e. The number of amides is 4. The van der Waals surface area contributed by atoms with Crippen molar-refractivity contribution in [2.75, 3.05) is 0 Å². The molecule has 2 aliphatic heterocycles. The molecule has 8 nitrogen and oxygen atoms in total. The molecule has 0 radical (unpaired) electrons. The van der Waals surface area contributed by atoms with Crippen molar-refractivity contribution in [3.63, 3.8) is 0 Å². The molecule has 1 unspecified atom stereocenters. The standard InChI is InChI=1S/C19H21N5O3/c1-3-4-9-19(23-24-19)10-8-15(25)20-12-13-6-5-7-14(11-13)18(2)16(26)21-17(27)22-18/h1,5-7,11H,4,8-10,12H2,2H3,(H,20,25)(H2,21,22,26,27). The highest BCUT2D eigenvalue weighted by molar-refractivity contribution is 6.07. The average Bonchev–Trinajstić information content (AvgIpc) is 3.37. The van der Waals surface area contributed by atoms with Crippen LogP contribution in [0.5, 0.6) is 0 Å². The van der Waals surface area contributed by atoms with Gasteiger partial charge in [0.05, 0.1) is 0 Å². The van der Waals surface area contributed by atoms with E-state index in [1.54, 1.807) is 25.1 Å². The molecule has 1 fully saturated rings. The predicted octanol–water partition coefficient (Wildman–Crippen LogP) is 1.71. The zero-order valence-electron chi connectivity index (χ0n) is 15.0. The highest BCUT2D eigenvalue weighted by Crippen LogP contribution is 2.37. The van der Waals surface area contributed by atoms with Gasteiger partial charge in [-0.25, -0.2) is 4.79 Å². The third kappa shape index (κ3) is 4.14. The molecule has 3 N–H and O–H groups in total. The molecule has 0 spiro atoms. The number of benzene rings is 1. The number of nitrogens with one attached hydrogen (secondary N) is 3. The van der Waals surface area contributed by atoms with Crippen molar-refractivity contribution < 1.29 is 14.4 Å². The highest BCUT2D eigenvalue weighted by atomic mass is 16.2. The van der Waals surface area contributed by atoms with E-state index in [4.69, 9.17) is 6.42 Å². The number of carbonyl (C=O) groups excluding carboxylic acids is 3. The van der Waals surface area contributed by atoms with E-state index >= 15 is 0 Å². The first-order valence-electron chi connectivity index (χ1n) is 8.74. The maximum absolute atomic E-state index is 12.1. The van der Waals surface area contributed by atoms with Gasteiger partial charge in [-0.15, -0.1) is 12.3 Å². The van der Waals surface area contributed by atoms with Gasteiger partial charge < -0.3 is 10.6 Å². The van der Waals surface area contributed by atoms with Crippen LogP contribution in [0.15, 0.2) is 34.5 Å². The van der Waals surface area contributed by atoms with E-state index in [0.29, 0.717) is 37.8 Å². The molecule has 1 atom stereocenters. The van der Waals surface area contributed by atoms with Gasteiger partial charge in [-0.2, -0.15) is 10.2 Å². The number of terminal acetylenes is 1. The molecule has 1 aromatic carbocycles. The van der Waals surface area contributed by atoms with Gasteiger partial charge in [-0.1, -0.05) is 24.3 Å². The number of carbonyl (C=O) groups is 3. The van der Waals surface area contributed by atoms with Crippen LogP contribution in [0.3, 0.4) is 0 Å². The summed E-state index contributed by atoms with van der Waals surface area (Å²) in [5.74, 6) is 2.06. The Bertz CT molecular complexity index is 851. The molecule has 1 aromatic rings. The Labute approximate surface area is 157 Å². The summed E-state index contributed by atoms with van der Waals surface area (Å²) in [4.78, 5) is 35.6. The van der Waals surface area contributed by atoms with Crippen molar-refractivity contribution >= 4 is 17.8 Å². The van der Waals surface area contributed by atoms with Gasteiger partial charge in [-0.3, -0.25) is 14.9 Å². The smallest absolute Gasteiger partial charge is 0.322 e. The fourth-order valence-electron chi connectivity index (χ4n) is 3.01. The van der Waals surface area contributed by atoms with E-state index in [1.807, 2.05) is 6.07 Å². The van der Waals surface area contributed by atoms with Crippen molar-refractivity contribution in [2.24, 2.45) is 10.2 Å². The van der Waals surface area contributed by atoms with E-state index in [2.05, 4.69) is 32.1 Å². The normalized spacial score (nSPS) is 21.9. The van der Waals surface area contributed by atoms with Gasteiger partial charge in [0.2, 0.25) is 5.91 Å². The zero-order valence-corrected chi connectivity index (χ0v) is 15.0. The summed E-state index contributed by atoms with van der Waals surface area (Å²) in [5, 5.41) is 15.8. The van der Waals surface area contributed by atoms with Crippen LogP contribution in [0.2, 0.25) is 0 Å². The van der Waals surface area contributed by atoms with E-state index in [1.165, 1.54) is 0 Å². The van der Waals surface area contributed by atoms with Gasteiger partial charge in [0.15, 0.2) is 5.66 Å². The summed E-state index contributed by atoms with van der Waals surface area (Å²) in [6.45, 7) is 1.97. The third-order valence-corrected chi connectivity index (χ3v) is 4.84. The molecule has 8 heteroatoms. The van der Waals surface area contributed by atoms with Crippen molar-refractivity contribution in [1.29, 1.82) is 0 Å². The number of nitrogens with zero attached hydrogens (tertiary/aromatic N) is 2. The third-order valence-electron chi connectivity index (χ3n) is 4.84. The minimum Gasteiger partial charge on any atom is -0.352 e. The molecule has 4 amide bonds. The number of rotatable bonds is 8. The topological polar surface area (TPSA) is 112 Å². The molecule has 0 aliphatic carbocycles. The quantitative estimate of drug-likeness (QED) is 0.480. The van der Waals surface area contributed by atoms with Gasteiger partial charge in [0, 0.05) is 32.2 Å². The van der Waals surface area contributed by atoms with E-state index in [9.17, 15) is 14.4 Å².